The first-order valence-electron chi connectivity index (χ1n) is 9.42. The Bertz CT molecular complexity index is 1280. The summed E-state index contributed by atoms with van der Waals surface area (Å²) >= 11 is 13.4. The van der Waals surface area contributed by atoms with Crippen LogP contribution >= 0.6 is 34.5 Å². The summed E-state index contributed by atoms with van der Waals surface area (Å²) in [4.78, 5) is 26.7. The highest BCUT2D eigenvalue weighted by Gasteiger charge is 2.36. The van der Waals surface area contributed by atoms with E-state index in [1.165, 1.54) is 11.3 Å². The number of rotatable bonds is 7. The first-order valence-corrected chi connectivity index (χ1v) is 12.8. The maximum absolute atomic E-state index is 12.9. The Morgan fingerprint density at radius 1 is 1.26 bits per heavy atom. The second-order valence-electron chi connectivity index (χ2n) is 7.46. The minimum atomic E-state index is -3.63. The van der Waals surface area contributed by atoms with Gasteiger partial charge in [0.1, 0.15) is 10.0 Å². The van der Waals surface area contributed by atoms with E-state index in [1.54, 1.807) is 6.07 Å². The number of benzene rings is 1. The molecule has 1 aliphatic rings. The highest BCUT2D eigenvalue weighted by atomic mass is 35.5. The van der Waals surface area contributed by atoms with Crippen LogP contribution in [0.25, 0.3) is 10.2 Å². The number of H-pyrrole nitrogens is 1. The molecule has 0 fully saturated rings. The van der Waals surface area contributed by atoms with Crippen LogP contribution in [0.2, 0.25) is 9.36 Å². The lowest BCUT2D eigenvalue weighted by Gasteiger charge is -2.21. The normalized spacial score (nSPS) is 18.3. The van der Waals surface area contributed by atoms with Crippen molar-refractivity contribution in [2.24, 2.45) is 0 Å². The summed E-state index contributed by atoms with van der Waals surface area (Å²) in [6.45, 7) is 0. The lowest BCUT2D eigenvalue weighted by Crippen LogP contribution is -2.40. The molecule has 0 unspecified atom stereocenters. The van der Waals surface area contributed by atoms with E-state index in [2.05, 4.69) is 10.3 Å². The van der Waals surface area contributed by atoms with Crippen LogP contribution < -0.4 is 5.32 Å². The van der Waals surface area contributed by atoms with E-state index in [4.69, 9.17) is 28.3 Å². The summed E-state index contributed by atoms with van der Waals surface area (Å²) in [6, 6.07) is 8.67. The number of sulfone groups is 1. The van der Waals surface area contributed by atoms with Gasteiger partial charge < -0.3 is 15.4 Å². The maximum Gasteiger partial charge on any atom is 0.304 e. The Hall–Kier alpha value is -2.07. The zero-order valence-corrected chi connectivity index (χ0v) is 19.2. The third-order valence-corrected chi connectivity index (χ3v) is 9.00. The van der Waals surface area contributed by atoms with Crippen LogP contribution in [0.3, 0.4) is 0 Å². The van der Waals surface area contributed by atoms with Crippen molar-refractivity contribution in [3.8, 4) is 0 Å². The summed E-state index contributed by atoms with van der Waals surface area (Å²) in [5.74, 6) is -2.67. The lowest BCUT2D eigenvalue weighted by atomic mass is 10.0. The van der Waals surface area contributed by atoms with Crippen LogP contribution in [-0.2, 0) is 21.1 Å². The molecule has 1 aliphatic carbocycles. The third-order valence-electron chi connectivity index (χ3n) is 5.37. The number of carboxylic acid groups (broad SMARTS) is 1. The van der Waals surface area contributed by atoms with Crippen molar-refractivity contribution in [1.82, 2.24) is 10.3 Å². The van der Waals surface area contributed by atoms with Crippen molar-refractivity contribution < 1.29 is 23.1 Å². The molecule has 0 bridgehead atoms. The molecule has 0 spiro atoms. The Morgan fingerprint density at radius 3 is 2.71 bits per heavy atom. The van der Waals surface area contributed by atoms with Gasteiger partial charge in [-0.3, -0.25) is 9.59 Å². The van der Waals surface area contributed by atoms with E-state index in [0.29, 0.717) is 27.0 Å². The number of carbonyl (C=O) groups excluding carboxylic acids is 1. The van der Waals surface area contributed by atoms with Gasteiger partial charge in [0.05, 0.1) is 33.2 Å². The molecule has 2 atom stereocenters. The largest absolute Gasteiger partial charge is 0.481 e. The molecule has 0 saturated carbocycles. The summed E-state index contributed by atoms with van der Waals surface area (Å²) in [6.07, 6.45) is 0.0406. The molecule has 2 heterocycles. The Balaban J connectivity index is 1.56. The van der Waals surface area contributed by atoms with Crippen molar-refractivity contribution in [3.05, 3.63) is 56.5 Å². The Morgan fingerprint density at radius 2 is 2.00 bits per heavy atom. The number of fused-ring (bicyclic) bond motifs is 2. The fraction of sp³-hybridized carbons (Fsp3) is 0.300. The van der Waals surface area contributed by atoms with Gasteiger partial charge in [-0.25, -0.2) is 8.42 Å². The van der Waals surface area contributed by atoms with E-state index in [9.17, 15) is 18.0 Å². The van der Waals surface area contributed by atoms with Crippen LogP contribution in [0.5, 0.6) is 0 Å². The van der Waals surface area contributed by atoms with E-state index >= 15 is 0 Å². The van der Waals surface area contributed by atoms with Crippen molar-refractivity contribution in [2.75, 3.05) is 11.5 Å². The van der Waals surface area contributed by atoms with E-state index in [0.717, 1.165) is 15.8 Å². The lowest BCUT2D eigenvalue weighted by molar-refractivity contribution is -0.136. The van der Waals surface area contributed by atoms with Gasteiger partial charge in [0.25, 0.3) is 5.91 Å². The smallest absolute Gasteiger partial charge is 0.304 e. The molecular weight excluding hydrogens is 483 g/mol. The number of aromatic amines is 1. The van der Waals surface area contributed by atoms with Gasteiger partial charge in [0, 0.05) is 12.0 Å². The SMILES string of the molecule is O=C(O)CCS(=O)(=O)C[C@@H]1c2ccccc2C[C@H]1NC(=O)c1cc2sc(Cl)c(Cl)c2[nH]1. The summed E-state index contributed by atoms with van der Waals surface area (Å²) in [7, 11) is -3.63. The van der Waals surface area contributed by atoms with Crippen LogP contribution in [0.15, 0.2) is 30.3 Å². The number of aromatic nitrogens is 1. The van der Waals surface area contributed by atoms with E-state index in [1.807, 2.05) is 24.3 Å². The highest BCUT2D eigenvalue weighted by Crippen LogP contribution is 2.39. The van der Waals surface area contributed by atoms with E-state index in [-0.39, 0.29) is 11.7 Å². The molecule has 3 N–H and O–H groups in total. The highest BCUT2D eigenvalue weighted by molar-refractivity contribution is 7.91. The monoisotopic (exact) mass is 500 g/mol. The number of nitrogens with one attached hydrogen (secondary N) is 2. The molecule has 7 nitrogen and oxygen atoms in total. The summed E-state index contributed by atoms with van der Waals surface area (Å²) in [5.41, 5.74) is 2.72. The van der Waals surface area contributed by atoms with Gasteiger partial charge in [0.2, 0.25) is 0 Å². The molecule has 0 aliphatic heterocycles. The van der Waals surface area contributed by atoms with Crippen LogP contribution in [0, 0.1) is 0 Å². The molecule has 3 aromatic rings. The Kier molecular flexibility index (Phi) is 6.04. The van der Waals surface area contributed by atoms with Gasteiger partial charge in [-0.2, -0.15) is 0 Å². The van der Waals surface area contributed by atoms with Gasteiger partial charge in [-0.15, -0.1) is 11.3 Å². The number of aliphatic carboxylic acids is 1. The van der Waals surface area contributed by atoms with Gasteiger partial charge in [-0.05, 0) is 23.6 Å². The fourth-order valence-electron chi connectivity index (χ4n) is 3.92. The molecule has 1 amide bonds. The topological polar surface area (TPSA) is 116 Å². The molecule has 0 radical (unpaired) electrons. The molecule has 4 rings (SSSR count). The zero-order valence-electron chi connectivity index (χ0n) is 16.0. The summed E-state index contributed by atoms with van der Waals surface area (Å²) in [5, 5.41) is 12.1. The predicted octanol–water partition coefficient (Wildman–Crippen LogP) is 3.86. The number of halogens is 2. The molecular formula is C20H18Cl2N2O5S2. The molecule has 164 valence electrons. The van der Waals surface area contributed by atoms with Crippen molar-refractivity contribution in [2.45, 2.75) is 24.8 Å². The minimum Gasteiger partial charge on any atom is -0.481 e. The number of carbonyl (C=O) groups is 2. The first kappa shape index (κ1) is 22.1. The summed E-state index contributed by atoms with van der Waals surface area (Å²) < 4.78 is 26.3. The number of thiophene rings is 1. The van der Waals surface area contributed by atoms with Gasteiger partial charge >= 0.3 is 5.97 Å². The molecule has 1 aromatic carbocycles. The van der Waals surface area contributed by atoms with Crippen molar-refractivity contribution in [3.63, 3.8) is 0 Å². The molecule has 0 saturated heterocycles. The second-order valence-corrected chi connectivity index (χ2v) is 11.7. The van der Waals surface area contributed by atoms with Crippen LogP contribution in [-0.4, -0.2) is 47.9 Å². The zero-order chi connectivity index (χ0) is 22.3. The first-order chi connectivity index (χ1) is 14.6. The van der Waals surface area contributed by atoms with Crippen molar-refractivity contribution >= 4 is 66.5 Å². The van der Waals surface area contributed by atoms with Crippen molar-refractivity contribution in [1.29, 1.82) is 0 Å². The number of amides is 1. The third kappa shape index (κ3) is 4.59. The fourth-order valence-corrected chi connectivity index (χ4v) is 7.01. The quantitative estimate of drug-likeness (QED) is 0.455. The van der Waals surface area contributed by atoms with Crippen LogP contribution in [0.1, 0.15) is 34.0 Å². The van der Waals surface area contributed by atoms with Crippen LogP contribution in [0.4, 0.5) is 0 Å². The maximum atomic E-state index is 12.9. The van der Waals surface area contributed by atoms with E-state index < -0.39 is 39.9 Å². The van der Waals surface area contributed by atoms with Gasteiger partial charge in [-0.1, -0.05) is 47.5 Å². The number of hydrogen-bond acceptors (Lipinski definition) is 5. The standard InChI is InChI=1S/C20H18Cl2N2O5S2/c21-17-18-15(30-19(17)22)8-14(23-18)20(27)24-13-7-10-3-1-2-4-11(10)12(13)9-31(28,29)6-5-16(25)26/h1-4,8,12-13,23H,5-7,9H2,(H,24,27)(H,25,26)/t12-,13-/m1/s1. The molecule has 2 aromatic heterocycles. The second kappa shape index (κ2) is 8.46. The average molecular weight is 501 g/mol. The van der Waals surface area contributed by atoms with Gasteiger partial charge in [0.15, 0.2) is 9.84 Å². The average Bonchev–Trinajstić information content (AvgIpc) is 3.34. The Labute approximate surface area is 192 Å². The number of hydrogen-bond donors (Lipinski definition) is 3. The molecule has 31 heavy (non-hydrogen) atoms. The molecule has 11 heteroatoms. The predicted molar refractivity (Wildman–Crippen MR) is 121 cm³/mol. The minimum absolute atomic E-state index is 0.233. The number of carboxylic acids is 1.